The van der Waals surface area contributed by atoms with E-state index in [4.69, 9.17) is 4.52 Å². The molecule has 0 fully saturated rings. The first-order valence-electron chi connectivity index (χ1n) is 9.09. The molecule has 1 heterocycles. The van der Waals surface area contributed by atoms with Crippen LogP contribution in [0.15, 0.2) is 27.7 Å². The average molecular weight is 489 g/mol. The highest BCUT2D eigenvalue weighted by Gasteiger charge is 2.09. The van der Waals surface area contributed by atoms with Crippen LogP contribution in [0.2, 0.25) is 0 Å². The smallest absolute Gasteiger partial charge is 0.228 e. The van der Waals surface area contributed by atoms with Gasteiger partial charge in [-0.1, -0.05) is 25.1 Å². The standard InChI is InChI=1S/C19H28FN5O.HI/c1-5-21-19(22-10-8-15-6-7-16(20)12-14(15)4)23-11-9-17-24-18(13(2)3)25-26-17;/h6-7,12-13H,5,8-11H2,1-4H3,(H2,21,22,23);1H. The Balaban J connectivity index is 0.00000364. The maximum Gasteiger partial charge on any atom is 0.228 e. The Labute approximate surface area is 177 Å². The molecule has 2 aromatic rings. The first kappa shape index (κ1) is 23.3. The molecule has 0 amide bonds. The number of rotatable bonds is 8. The van der Waals surface area contributed by atoms with Crippen molar-refractivity contribution < 1.29 is 8.91 Å². The largest absolute Gasteiger partial charge is 0.357 e. The predicted molar refractivity (Wildman–Crippen MR) is 116 cm³/mol. The summed E-state index contributed by atoms with van der Waals surface area (Å²) in [5.74, 6) is 2.13. The van der Waals surface area contributed by atoms with Crippen LogP contribution in [0.3, 0.4) is 0 Å². The van der Waals surface area contributed by atoms with Gasteiger partial charge in [-0.15, -0.1) is 24.0 Å². The molecule has 27 heavy (non-hydrogen) atoms. The maximum atomic E-state index is 13.2. The highest BCUT2D eigenvalue weighted by molar-refractivity contribution is 14.0. The molecule has 1 aromatic carbocycles. The highest BCUT2D eigenvalue weighted by atomic mass is 127. The van der Waals surface area contributed by atoms with Gasteiger partial charge in [-0.3, -0.25) is 4.99 Å². The zero-order chi connectivity index (χ0) is 18.9. The van der Waals surface area contributed by atoms with E-state index in [1.54, 1.807) is 6.07 Å². The maximum absolute atomic E-state index is 13.2. The van der Waals surface area contributed by atoms with Crippen LogP contribution in [-0.2, 0) is 12.8 Å². The summed E-state index contributed by atoms with van der Waals surface area (Å²) in [7, 11) is 0. The molecule has 0 saturated heterocycles. The van der Waals surface area contributed by atoms with Crippen molar-refractivity contribution in [1.29, 1.82) is 0 Å². The molecule has 8 heteroatoms. The number of aryl methyl sites for hydroxylation is 1. The van der Waals surface area contributed by atoms with Crippen LogP contribution in [-0.4, -0.2) is 35.7 Å². The first-order chi connectivity index (χ1) is 12.5. The molecule has 6 nitrogen and oxygen atoms in total. The fourth-order valence-electron chi connectivity index (χ4n) is 2.46. The van der Waals surface area contributed by atoms with Gasteiger partial charge in [-0.2, -0.15) is 4.98 Å². The molecule has 0 saturated carbocycles. The zero-order valence-electron chi connectivity index (χ0n) is 16.4. The van der Waals surface area contributed by atoms with E-state index in [2.05, 4.69) is 25.8 Å². The van der Waals surface area contributed by atoms with E-state index in [0.717, 1.165) is 42.4 Å². The van der Waals surface area contributed by atoms with Crippen molar-refractivity contribution in [3.05, 3.63) is 46.9 Å². The molecule has 0 aliphatic carbocycles. The number of guanidine groups is 1. The summed E-state index contributed by atoms with van der Waals surface area (Å²) in [5, 5.41) is 10.5. The lowest BCUT2D eigenvalue weighted by molar-refractivity contribution is 0.372. The molecule has 2 rings (SSSR count). The van der Waals surface area contributed by atoms with Crippen molar-refractivity contribution in [1.82, 2.24) is 20.8 Å². The number of hydrogen-bond donors (Lipinski definition) is 2. The number of benzene rings is 1. The summed E-state index contributed by atoms with van der Waals surface area (Å²) >= 11 is 0. The molecule has 2 N–H and O–H groups in total. The number of aromatic nitrogens is 2. The van der Waals surface area contributed by atoms with Crippen LogP contribution in [0.25, 0.3) is 0 Å². The monoisotopic (exact) mass is 489 g/mol. The van der Waals surface area contributed by atoms with Crippen molar-refractivity contribution in [2.75, 3.05) is 19.6 Å². The van der Waals surface area contributed by atoms with Crippen LogP contribution in [0, 0.1) is 12.7 Å². The minimum Gasteiger partial charge on any atom is -0.357 e. The van der Waals surface area contributed by atoms with Crippen LogP contribution < -0.4 is 10.6 Å². The molecule has 0 spiro atoms. The Kier molecular flexibility index (Phi) is 10.3. The second kappa shape index (κ2) is 11.9. The van der Waals surface area contributed by atoms with Gasteiger partial charge in [-0.05, 0) is 43.5 Å². The van der Waals surface area contributed by atoms with Crippen LogP contribution >= 0.6 is 24.0 Å². The van der Waals surface area contributed by atoms with E-state index in [0.29, 0.717) is 18.9 Å². The number of hydrogen-bond acceptors (Lipinski definition) is 4. The van der Waals surface area contributed by atoms with Crippen LogP contribution in [0.5, 0.6) is 0 Å². The second-order valence-electron chi connectivity index (χ2n) is 6.46. The normalized spacial score (nSPS) is 11.4. The van der Waals surface area contributed by atoms with Gasteiger partial charge in [0.15, 0.2) is 11.8 Å². The van der Waals surface area contributed by atoms with E-state index >= 15 is 0 Å². The average Bonchev–Trinajstić information content (AvgIpc) is 3.06. The van der Waals surface area contributed by atoms with Crippen LogP contribution in [0.4, 0.5) is 4.39 Å². The van der Waals surface area contributed by atoms with Crippen molar-refractivity contribution in [2.45, 2.75) is 46.5 Å². The third-order valence-electron chi connectivity index (χ3n) is 3.93. The Morgan fingerprint density at radius 2 is 2.04 bits per heavy atom. The number of nitrogens with one attached hydrogen (secondary N) is 2. The molecule has 0 aliphatic heterocycles. The first-order valence-corrected chi connectivity index (χ1v) is 9.09. The molecule has 0 atom stereocenters. The molecule has 150 valence electrons. The van der Waals surface area contributed by atoms with Gasteiger partial charge < -0.3 is 15.2 Å². The van der Waals surface area contributed by atoms with Gasteiger partial charge in [0.25, 0.3) is 0 Å². The minimum absolute atomic E-state index is 0. The summed E-state index contributed by atoms with van der Waals surface area (Å²) in [6, 6.07) is 4.89. The quantitative estimate of drug-likeness (QED) is 0.337. The molecule has 1 aromatic heterocycles. The summed E-state index contributed by atoms with van der Waals surface area (Å²) in [4.78, 5) is 8.89. The summed E-state index contributed by atoms with van der Waals surface area (Å²) in [6.07, 6.45) is 1.41. The lowest BCUT2D eigenvalue weighted by Gasteiger charge is -2.12. The second-order valence-corrected chi connectivity index (χ2v) is 6.46. The van der Waals surface area contributed by atoms with Crippen LogP contribution in [0.1, 0.15) is 49.5 Å². The van der Waals surface area contributed by atoms with Gasteiger partial charge in [0.2, 0.25) is 5.89 Å². The lowest BCUT2D eigenvalue weighted by atomic mass is 10.1. The summed E-state index contributed by atoms with van der Waals surface area (Å²) < 4.78 is 18.4. The third kappa shape index (κ3) is 7.82. The summed E-state index contributed by atoms with van der Waals surface area (Å²) in [6.45, 7) is 10.1. The predicted octanol–water partition coefficient (Wildman–Crippen LogP) is 3.60. The number of halogens is 2. The van der Waals surface area contributed by atoms with Crippen molar-refractivity contribution >= 4 is 29.9 Å². The van der Waals surface area contributed by atoms with Gasteiger partial charge in [0.05, 0.1) is 6.54 Å². The Morgan fingerprint density at radius 3 is 2.67 bits per heavy atom. The van der Waals surface area contributed by atoms with Crippen molar-refractivity contribution in [2.24, 2.45) is 4.99 Å². The van der Waals surface area contributed by atoms with Gasteiger partial charge in [0.1, 0.15) is 5.82 Å². The lowest BCUT2D eigenvalue weighted by Crippen LogP contribution is -2.38. The van der Waals surface area contributed by atoms with Crippen molar-refractivity contribution in [3.8, 4) is 0 Å². The summed E-state index contributed by atoms with van der Waals surface area (Å²) in [5.41, 5.74) is 2.09. The van der Waals surface area contributed by atoms with E-state index in [1.807, 2.05) is 33.8 Å². The van der Waals surface area contributed by atoms with Gasteiger partial charge in [-0.25, -0.2) is 4.39 Å². The van der Waals surface area contributed by atoms with E-state index in [9.17, 15) is 4.39 Å². The van der Waals surface area contributed by atoms with Gasteiger partial charge >= 0.3 is 0 Å². The molecule has 0 bridgehead atoms. The molecular formula is C19H29FIN5O. The topological polar surface area (TPSA) is 75.3 Å². The zero-order valence-corrected chi connectivity index (χ0v) is 18.7. The van der Waals surface area contributed by atoms with E-state index in [-0.39, 0.29) is 35.7 Å². The molecule has 0 aliphatic rings. The Bertz CT molecular complexity index is 733. The molecular weight excluding hydrogens is 460 g/mol. The minimum atomic E-state index is -0.198. The van der Waals surface area contributed by atoms with Gasteiger partial charge in [0, 0.05) is 25.4 Å². The van der Waals surface area contributed by atoms with E-state index in [1.165, 1.54) is 6.07 Å². The Hall–Kier alpha value is -1.71. The third-order valence-corrected chi connectivity index (χ3v) is 3.93. The van der Waals surface area contributed by atoms with Crippen molar-refractivity contribution in [3.63, 3.8) is 0 Å². The number of nitrogens with zero attached hydrogens (tertiary/aromatic N) is 3. The fraction of sp³-hybridized carbons (Fsp3) is 0.526. The molecule has 0 unspecified atom stereocenters. The Morgan fingerprint density at radius 1 is 1.26 bits per heavy atom. The highest BCUT2D eigenvalue weighted by Crippen LogP contribution is 2.11. The fourth-order valence-corrected chi connectivity index (χ4v) is 2.46. The SMILES string of the molecule is CCNC(=NCCc1nc(C(C)C)no1)NCCc1ccc(F)cc1C.I. The van der Waals surface area contributed by atoms with E-state index < -0.39 is 0 Å². The molecule has 0 radical (unpaired) electrons. The number of aliphatic imine (C=N–C) groups is 1.